The molecule has 0 unspecified atom stereocenters. The summed E-state index contributed by atoms with van der Waals surface area (Å²) in [6.45, 7) is 2.19. The molecule has 3 heteroatoms. The van der Waals surface area contributed by atoms with Crippen LogP contribution in [0.4, 0.5) is 5.69 Å². The number of unbranched alkanes of at least 4 members (excludes halogenated alkanes) is 2. The summed E-state index contributed by atoms with van der Waals surface area (Å²) < 4.78 is 0. The molecule has 80 valence electrons. The first-order valence-corrected chi connectivity index (χ1v) is 5.59. The summed E-state index contributed by atoms with van der Waals surface area (Å²) in [5.41, 5.74) is 2.76. The molecule has 1 aliphatic heterocycles. The van der Waals surface area contributed by atoms with Crippen molar-refractivity contribution in [1.82, 2.24) is 4.98 Å². The number of aryl methyl sites for hydroxylation is 1. The Kier molecular flexibility index (Phi) is 2.99. The third kappa shape index (κ3) is 2.01. The molecule has 1 aromatic rings. The van der Waals surface area contributed by atoms with E-state index in [9.17, 15) is 4.79 Å². The molecular weight excluding hydrogens is 188 g/mol. The van der Waals surface area contributed by atoms with Gasteiger partial charge in [-0.3, -0.25) is 9.79 Å². The number of Topliss-reactive ketones (excluding diaryl/α,β-unsaturated/α-hetero) is 1. The van der Waals surface area contributed by atoms with Gasteiger partial charge in [-0.25, -0.2) is 0 Å². The maximum atomic E-state index is 11.5. The molecule has 0 spiro atoms. The lowest BCUT2D eigenvalue weighted by Crippen LogP contribution is -2.04. The minimum absolute atomic E-state index is 0.154. The molecule has 0 bridgehead atoms. The van der Waals surface area contributed by atoms with Gasteiger partial charge in [0.05, 0.1) is 5.69 Å². The van der Waals surface area contributed by atoms with E-state index >= 15 is 0 Å². The number of aromatic amines is 1. The summed E-state index contributed by atoms with van der Waals surface area (Å²) in [6, 6.07) is 0. The van der Waals surface area contributed by atoms with Crippen LogP contribution in [0.15, 0.2) is 11.2 Å². The summed E-state index contributed by atoms with van der Waals surface area (Å²) in [6.07, 6.45) is 8.71. The molecule has 0 atom stereocenters. The Morgan fingerprint density at radius 3 is 3.13 bits per heavy atom. The van der Waals surface area contributed by atoms with Gasteiger partial charge in [0.25, 0.3) is 0 Å². The largest absolute Gasteiger partial charge is 0.357 e. The minimum Gasteiger partial charge on any atom is -0.357 e. The Morgan fingerprint density at radius 2 is 2.33 bits per heavy atom. The van der Waals surface area contributed by atoms with Crippen LogP contribution in [-0.2, 0) is 6.42 Å². The van der Waals surface area contributed by atoms with E-state index in [-0.39, 0.29) is 5.78 Å². The van der Waals surface area contributed by atoms with Gasteiger partial charge in [0, 0.05) is 18.8 Å². The number of carbonyl (C=O) groups is 1. The average Bonchev–Trinajstić information content (AvgIpc) is 2.64. The number of nitrogens with zero attached hydrogens (tertiary/aromatic N) is 1. The quantitative estimate of drug-likeness (QED) is 0.753. The molecule has 1 aliphatic rings. The van der Waals surface area contributed by atoms with E-state index in [1.54, 1.807) is 6.21 Å². The van der Waals surface area contributed by atoms with Crippen molar-refractivity contribution in [3.8, 4) is 0 Å². The van der Waals surface area contributed by atoms with Gasteiger partial charge >= 0.3 is 0 Å². The SMILES string of the molecule is CCCCCc1c[nH]c2c1N=CCC2=O. The lowest BCUT2D eigenvalue weighted by Gasteiger charge is -2.05. The first-order valence-electron chi connectivity index (χ1n) is 5.59. The second-order valence-electron chi connectivity index (χ2n) is 3.93. The summed E-state index contributed by atoms with van der Waals surface area (Å²) >= 11 is 0. The zero-order valence-electron chi connectivity index (χ0n) is 9.05. The van der Waals surface area contributed by atoms with Crippen LogP contribution in [0.5, 0.6) is 0 Å². The monoisotopic (exact) mass is 204 g/mol. The number of rotatable bonds is 4. The Labute approximate surface area is 89.6 Å². The Bertz CT molecular complexity index is 390. The fourth-order valence-corrected chi connectivity index (χ4v) is 1.89. The number of ketones is 1. The number of hydrogen-bond acceptors (Lipinski definition) is 2. The lowest BCUT2D eigenvalue weighted by molar-refractivity contribution is 0.0997. The van der Waals surface area contributed by atoms with E-state index in [0.717, 1.165) is 12.1 Å². The predicted octanol–water partition coefficient (Wildman–Crippen LogP) is 3.04. The van der Waals surface area contributed by atoms with E-state index in [1.807, 2.05) is 6.20 Å². The second-order valence-corrected chi connectivity index (χ2v) is 3.93. The Hall–Kier alpha value is -1.38. The second kappa shape index (κ2) is 4.43. The minimum atomic E-state index is 0.154. The van der Waals surface area contributed by atoms with Crippen molar-refractivity contribution in [2.75, 3.05) is 0 Å². The van der Waals surface area contributed by atoms with Crippen molar-refractivity contribution in [1.29, 1.82) is 0 Å². The number of H-pyrrole nitrogens is 1. The summed E-state index contributed by atoms with van der Waals surface area (Å²) in [5.74, 6) is 0.154. The van der Waals surface area contributed by atoms with Crippen LogP contribution in [0.3, 0.4) is 0 Å². The highest BCUT2D eigenvalue weighted by Gasteiger charge is 2.18. The molecule has 0 radical (unpaired) electrons. The van der Waals surface area contributed by atoms with Crippen molar-refractivity contribution in [2.24, 2.45) is 4.99 Å². The molecular formula is C12H16N2O. The van der Waals surface area contributed by atoms with E-state index in [4.69, 9.17) is 0 Å². The fourth-order valence-electron chi connectivity index (χ4n) is 1.89. The van der Waals surface area contributed by atoms with Gasteiger partial charge in [-0.15, -0.1) is 0 Å². The normalized spacial score (nSPS) is 14.3. The maximum absolute atomic E-state index is 11.5. The number of aromatic nitrogens is 1. The zero-order valence-corrected chi connectivity index (χ0v) is 9.05. The predicted molar refractivity (Wildman–Crippen MR) is 61.1 cm³/mol. The molecule has 1 N–H and O–H groups in total. The maximum Gasteiger partial charge on any atom is 0.186 e. The fraction of sp³-hybridized carbons (Fsp3) is 0.500. The first-order chi connectivity index (χ1) is 7.33. The highest BCUT2D eigenvalue weighted by atomic mass is 16.1. The van der Waals surface area contributed by atoms with Crippen LogP contribution < -0.4 is 0 Å². The first kappa shape index (κ1) is 10.1. The topological polar surface area (TPSA) is 45.2 Å². The highest BCUT2D eigenvalue weighted by Crippen LogP contribution is 2.28. The van der Waals surface area contributed by atoms with Crippen LogP contribution in [0.2, 0.25) is 0 Å². The van der Waals surface area contributed by atoms with Gasteiger partial charge in [-0.05, 0) is 18.4 Å². The standard InChI is InChI=1S/C12H16N2O/c1-2-3-4-5-9-8-14-12-10(15)6-7-13-11(9)12/h7-8,14H,2-6H2,1H3. The highest BCUT2D eigenvalue weighted by molar-refractivity contribution is 6.09. The van der Waals surface area contributed by atoms with Crippen molar-refractivity contribution < 1.29 is 4.79 Å². The van der Waals surface area contributed by atoms with Gasteiger partial charge in [0.2, 0.25) is 0 Å². The molecule has 15 heavy (non-hydrogen) atoms. The summed E-state index contributed by atoms with van der Waals surface area (Å²) in [5, 5.41) is 0. The molecule has 3 nitrogen and oxygen atoms in total. The van der Waals surface area contributed by atoms with Gasteiger partial charge in [-0.1, -0.05) is 19.8 Å². The van der Waals surface area contributed by atoms with E-state index in [2.05, 4.69) is 16.9 Å². The summed E-state index contributed by atoms with van der Waals surface area (Å²) in [7, 11) is 0. The van der Waals surface area contributed by atoms with Gasteiger partial charge in [-0.2, -0.15) is 0 Å². The smallest absolute Gasteiger partial charge is 0.186 e. The number of carbonyl (C=O) groups excluding carboxylic acids is 1. The molecule has 2 heterocycles. The van der Waals surface area contributed by atoms with Crippen molar-refractivity contribution >= 4 is 17.7 Å². The molecule has 2 rings (SSSR count). The van der Waals surface area contributed by atoms with Gasteiger partial charge < -0.3 is 4.98 Å². The zero-order chi connectivity index (χ0) is 10.7. The molecule has 0 aromatic carbocycles. The number of nitrogens with one attached hydrogen (secondary N) is 1. The van der Waals surface area contributed by atoms with Gasteiger partial charge in [0.15, 0.2) is 5.78 Å². The Morgan fingerprint density at radius 1 is 1.47 bits per heavy atom. The van der Waals surface area contributed by atoms with E-state index in [1.165, 1.54) is 24.8 Å². The van der Waals surface area contributed by atoms with E-state index in [0.29, 0.717) is 12.1 Å². The molecule has 0 aliphatic carbocycles. The van der Waals surface area contributed by atoms with Gasteiger partial charge in [0.1, 0.15) is 5.69 Å². The Balaban J connectivity index is 2.14. The third-order valence-electron chi connectivity index (χ3n) is 2.76. The molecule has 0 fully saturated rings. The molecule has 0 saturated heterocycles. The van der Waals surface area contributed by atoms with Crippen LogP contribution >= 0.6 is 0 Å². The summed E-state index contributed by atoms with van der Waals surface area (Å²) in [4.78, 5) is 18.9. The number of fused-ring (bicyclic) bond motifs is 1. The number of aliphatic imine (C=N–C) groups is 1. The average molecular weight is 204 g/mol. The molecule has 0 saturated carbocycles. The van der Waals surface area contributed by atoms with Crippen LogP contribution in [0.1, 0.15) is 48.7 Å². The van der Waals surface area contributed by atoms with Crippen molar-refractivity contribution in [3.63, 3.8) is 0 Å². The van der Waals surface area contributed by atoms with E-state index < -0.39 is 0 Å². The molecule has 0 amide bonds. The van der Waals surface area contributed by atoms with Crippen molar-refractivity contribution in [3.05, 3.63) is 17.5 Å². The van der Waals surface area contributed by atoms with Crippen molar-refractivity contribution in [2.45, 2.75) is 39.0 Å². The number of hydrogen-bond donors (Lipinski definition) is 1. The molecule has 1 aromatic heterocycles. The van der Waals surface area contributed by atoms with Crippen LogP contribution in [0.25, 0.3) is 0 Å². The third-order valence-corrected chi connectivity index (χ3v) is 2.76. The van der Waals surface area contributed by atoms with Crippen LogP contribution in [-0.4, -0.2) is 17.0 Å². The lowest BCUT2D eigenvalue weighted by atomic mass is 10.1. The van der Waals surface area contributed by atoms with Crippen LogP contribution in [0, 0.1) is 0 Å².